The first-order valence-electron chi connectivity index (χ1n) is 7.25. The molecule has 2 rings (SSSR count). The van der Waals surface area contributed by atoms with E-state index in [-0.39, 0.29) is 5.56 Å². The van der Waals surface area contributed by atoms with Crippen molar-refractivity contribution in [3.63, 3.8) is 0 Å². The third-order valence-corrected chi connectivity index (χ3v) is 3.60. The molecule has 1 N–H and O–H groups in total. The van der Waals surface area contributed by atoms with Gasteiger partial charge in [-0.25, -0.2) is 4.39 Å². The van der Waals surface area contributed by atoms with Crippen LogP contribution in [0, 0.1) is 11.7 Å². The lowest BCUT2D eigenvalue weighted by atomic mass is 9.96. The van der Waals surface area contributed by atoms with Gasteiger partial charge in [0.1, 0.15) is 11.9 Å². The largest absolute Gasteiger partial charge is 0.469 e. The fraction of sp³-hybridized carbons (Fsp3) is 0.278. The van der Waals surface area contributed by atoms with Crippen LogP contribution in [-0.4, -0.2) is 18.2 Å². The number of benzene rings is 2. The average molecular weight is 318 g/mol. The van der Waals surface area contributed by atoms with Gasteiger partial charge in [-0.15, -0.1) is 0 Å². The molecule has 1 unspecified atom stereocenters. The Morgan fingerprint density at radius 3 is 2.30 bits per heavy atom. The van der Waals surface area contributed by atoms with Gasteiger partial charge in [-0.3, -0.25) is 4.79 Å². The van der Waals surface area contributed by atoms with Crippen molar-refractivity contribution in [1.82, 2.24) is 0 Å². The Balaban J connectivity index is 2.30. The van der Waals surface area contributed by atoms with Crippen LogP contribution in [0.5, 0.6) is 0 Å². The Kier molecular flexibility index (Phi) is 5.84. The summed E-state index contributed by atoms with van der Waals surface area (Å²) in [5.41, 5.74) is 0.714. The van der Waals surface area contributed by atoms with E-state index in [1.807, 2.05) is 6.07 Å². The fourth-order valence-corrected chi connectivity index (χ4v) is 2.31. The van der Waals surface area contributed by atoms with Crippen molar-refractivity contribution in [2.45, 2.75) is 19.3 Å². The van der Waals surface area contributed by atoms with E-state index in [2.05, 4.69) is 0 Å². The molecule has 0 radical (unpaired) electrons. The predicted molar refractivity (Wildman–Crippen MR) is 82.8 cm³/mol. The summed E-state index contributed by atoms with van der Waals surface area (Å²) in [6.45, 7) is 1.57. The maximum atomic E-state index is 14.1. The molecule has 0 bridgehead atoms. The summed E-state index contributed by atoms with van der Waals surface area (Å²) in [6, 6.07) is 14.7. The van der Waals surface area contributed by atoms with Crippen molar-refractivity contribution in [3.05, 3.63) is 71.5 Å². The van der Waals surface area contributed by atoms with Gasteiger partial charge in [0.05, 0.1) is 13.0 Å². The Labute approximate surface area is 134 Å². The third-order valence-electron chi connectivity index (χ3n) is 3.60. The van der Waals surface area contributed by atoms with Crippen molar-refractivity contribution in [3.8, 4) is 0 Å². The monoisotopic (exact) mass is 318 g/mol. The normalized spacial score (nSPS) is 14.8. The molecule has 0 aliphatic heterocycles. The van der Waals surface area contributed by atoms with E-state index < -0.39 is 30.1 Å². The summed E-state index contributed by atoms with van der Waals surface area (Å²) >= 11 is 0. The highest BCUT2D eigenvalue weighted by Gasteiger charge is 2.31. The van der Waals surface area contributed by atoms with Gasteiger partial charge in [0, 0.05) is 11.1 Å². The van der Waals surface area contributed by atoms with Gasteiger partial charge >= 0.3 is 5.97 Å². The minimum atomic E-state index is -1.28. The van der Waals surface area contributed by atoms with E-state index in [4.69, 9.17) is 9.47 Å². The van der Waals surface area contributed by atoms with Gasteiger partial charge in [-0.2, -0.15) is 0 Å². The number of ether oxygens (including phenoxy) is 2. The van der Waals surface area contributed by atoms with Gasteiger partial charge < -0.3 is 14.6 Å². The molecular weight excluding hydrogens is 299 g/mol. The number of halogens is 1. The summed E-state index contributed by atoms with van der Waals surface area (Å²) in [5.74, 6) is -1.83. The first kappa shape index (κ1) is 17.1. The Morgan fingerprint density at radius 1 is 1.09 bits per heavy atom. The number of carbonyl (C=O) groups excluding carboxylic acids is 1. The number of hydrogen-bond donors (Lipinski definition) is 1. The quantitative estimate of drug-likeness (QED) is 0.655. The molecule has 0 spiro atoms. The van der Waals surface area contributed by atoms with Gasteiger partial charge in [-0.05, 0) is 13.0 Å². The van der Waals surface area contributed by atoms with Gasteiger partial charge in [0.2, 0.25) is 0 Å². The van der Waals surface area contributed by atoms with Crippen molar-refractivity contribution in [2.75, 3.05) is 7.11 Å². The number of aliphatic hydroxyl groups is 1. The highest BCUT2D eigenvalue weighted by Crippen LogP contribution is 2.33. The molecule has 0 aromatic heterocycles. The van der Waals surface area contributed by atoms with Crippen LogP contribution >= 0.6 is 0 Å². The summed E-state index contributed by atoms with van der Waals surface area (Å²) in [7, 11) is 1.25. The van der Waals surface area contributed by atoms with E-state index >= 15 is 0 Å². The van der Waals surface area contributed by atoms with Crippen LogP contribution in [0.3, 0.4) is 0 Å². The smallest absolute Gasteiger partial charge is 0.311 e. The standard InChI is InChI=1S/C18H19FO4/c1-12(17(20)22-2)16(14-10-6-7-11-15(14)19)23-18(21)13-8-4-3-5-9-13/h3-12,16,18,21H,1-2H3/t12-,16-,18?/m0/s1. The van der Waals surface area contributed by atoms with Crippen molar-refractivity contribution >= 4 is 5.97 Å². The van der Waals surface area contributed by atoms with E-state index in [0.717, 1.165) is 0 Å². The summed E-state index contributed by atoms with van der Waals surface area (Å²) in [4.78, 5) is 11.8. The van der Waals surface area contributed by atoms with Crippen molar-refractivity contribution < 1.29 is 23.8 Å². The Bertz CT molecular complexity index is 644. The third kappa shape index (κ3) is 4.15. The number of carbonyl (C=O) groups is 1. The Hall–Kier alpha value is -2.24. The minimum Gasteiger partial charge on any atom is -0.469 e. The fourth-order valence-electron chi connectivity index (χ4n) is 2.31. The zero-order valence-electron chi connectivity index (χ0n) is 13.0. The summed E-state index contributed by atoms with van der Waals surface area (Å²) in [6.07, 6.45) is -2.26. The van der Waals surface area contributed by atoms with E-state index in [1.165, 1.54) is 19.2 Å². The molecular formula is C18H19FO4. The van der Waals surface area contributed by atoms with E-state index in [0.29, 0.717) is 5.56 Å². The van der Waals surface area contributed by atoms with Gasteiger partial charge in [0.15, 0.2) is 6.29 Å². The van der Waals surface area contributed by atoms with Crippen molar-refractivity contribution in [2.24, 2.45) is 5.92 Å². The molecule has 0 saturated heterocycles. The van der Waals surface area contributed by atoms with Gasteiger partial charge in [-0.1, -0.05) is 48.5 Å². The van der Waals surface area contributed by atoms with Crippen LogP contribution in [0.2, 0.25) is 0 Å². The SMILES string of the molecule is COC(=O)[C@@H](C)[C@H](OC(O)c1ccccc1)c1ccccc1F. The molecule has 122 valence electrons. The van der Waals surface area contributed by atoms with Crippen molar-refractivity contribution in [1.29, 1.82) is 0 Å². The van der Waals surface area contributed by atoms with Crippen LogP contribution in [0.4, 0.5) is 4.39 Å². The molecule has 2 aromatic carbocycles. The molecule has 2 aromatic rings. The lowest BCUT2D eigenvalue weighted by molar-refractivity contribution is -0.174. The molecule has 3 atom stereocenters. The number of hydrogen-bond acceptors (Lipinski definition) is 4. The predicted octanol–water partition coefficient (Wildman–Crippen LogP) is 3.38. The topological polar surface area (TPSA) is 55.8 Å². The molecule has 0 amide bonds. The molecule has 4 nitrogen and oxygen atoms in total. The number of rotatable bonds is 6. The zero-order valence-corrected chi connectivity index (χ0v) is 13.0. The van der Waals surface area contributed by atoms with Gasteiger partial charge in [0.25, 0.3) is 0 Å². The summed E-state index contributed by atoms with van der Waals surface area (Å²) < 4.78 is 24.4. The van der Waals surface area contributed by atoms with E-state index in [1.54, 1.807) is 43.3 Å². The molecule has 0 heterocycles. The minimum absolute atomic E-state index is 0.195. The Morgan fingerprint density at radius 2 is 1.70 bits per heavy atom. The summed E-state index contributed by atoms with van der Waals surface area (Å²) in [5, 5.41) is 10.2. The van der Waals surface area contributed by atoms with Crippen LogP contribution in [0.25, 0.3) is 0 Å². The van der Waals surface area contributed by atoms with Crippen LogP contribution in [0.15, 0.2) is 54.6 Å². The second kappa shape index (κ2) is 7.85. The van der Waals surface area contributed by atoms with Crippen LogP contribution < -0.4 is 0 Å². The van der Waals surface area contributed by atoms with Crippen LogP contribution in [0.1, 0.15) is 30.4 Å². The lowest BCUT2D eigenvalue weighted by Gasteiger charge is -2.26. The van der Waals surface area contributed by atoms with E-state index in [9.17, 15) is 14.3 Å². The molecule has 0 saturated carbocycles. The number of methoxy groups -OCH3 is 1. The highest BCUT2D eigenvalue weighted by atomic mass is 19.1. The highest BCUT2D eigenvalue weighted by molar-refractivity contribution is 5.72. The molecule has 0 aliphatic rings. The number of aliphatic hydroxyl groups excluding tert-OH is 1. The zero-order chi connectivity index (χ0) is 16.8. The molecule has 0 fully saturated rings. The molecule has 5 heteroatoms. The maximum absolute atomic E-state index is 14.1. The first-order chi connectivity index (χ1) is 11.0. The average Bonchev–Trinajstić information content (AvgIpc) is 2.59. The first-order valence-corrected chi connectivity index (χ1v) is 7.25. The maximum Gasteiger partial charge on any atom is 0.311 e. The lowest BCUT2D eigenvalue weighted by Crippen LogP contribution is -2.25. The van der Waals surface area contributed by atoms with Crippen LogP contribution in [-0.2, 0) is 14.3 Å². The number of esters is 1. The second-order valence-corrected chi connectivity index (χ2v) is 5.15. The second-order valence-electron chi connectivity index (χ2n) is 5.15. The molecule has 0 aliphatic carbocycles. The molecule has 23 heavy (non-hydrogen) atoms.